The molecule has 164 valence electrons. The maximum Gasteiger partial charge on any atom is 0.319 e. The summed E-state index contributed by atoms with van der Waals surface area (Å²) in [7, 11) is -2.55. The van der Waals surface area contributed by atoms with E-state index in [2.05, 4.69) is 36.3 Å². The van der Waals surface area contributed by atoms with E-state index in [1.165, 1.54) is 7.11 Å². The number of fused-ring (bicyclic) bond motifs is 1. The van der Waals surface area contributed by atoms with Crippen molar-refractivity contribution in [1.82, 2.24) is 15.0 Å². The molecule has 1 aromatic heterocycles. The first-order chi connectivity index (χ1) is 14.7. The van der Waals surface area contributed by atoms with Gasteiger partial charge in [-0.05, 0) is 42.5 Å². The quantitative estimate of drug-likeness (QED) is 0.294. The van der Waals surface area contributed by atoms with E-state index in [-0.39, 0.29) is 23.7 Å². The Bertz CT molecular complexity index is 1220. The summed E-state index contributed by atoms with van der Waals surface area (Å²) >= 11 is 3.29. The lowest BCUT2D eigenvalue weighted by Crippen LogP contribution is -2.37. The molecule has 0 saturated heterocycles. The molecular weight excluding hydrogens is 490 g/mol. The number of methoxy groups -OCH3 is 1. The number of hydrogen-bond donors (Lipinski definition) is 5. The number of carbonyl (C=O) groups is 2. The third-order valence-electron chi connectivity index (χ3n) is 4.28. The van der Waals surface area contributed by atoms with Gasteiger partial charge in [0, 0.05) is 34.2 Å². The SMILES string of the molecule is COc1ccc(NC(=O)NCCNS(=O)(=O)c2c(C(N)=O)[nH]c3ccc(Br)cc23)cc1. The summed E-state index contributed by atoms with van der Waals surface area (Å²) in [5.74, 6) is -0.246. The average molecular weight is 510 g/mol. The molecule has 0 atom stereocenters. The normalized spacial score (nSPS) is 11.3. The summed E-state index contributed by atoms with van der Waals surface area (Å²) in [6, 6.07) is 11.1. The number of halogens is 1. The number of nitrogens with two attached hydrogens (primary N) is 1. The molecule has 0 aliphatic carbocycles. The van der Waals surface area contributed by atoms with E-state index in [9.17, 15) is 18.0 Å². The Labute approximate surface area is 186 Å². The predicted molar refractivity (Wildman–Crippen MR) is 120 cm³/mol. The van der Waals surface area contributed by atoms with Crippen LogP contribution in [0.2, 0.25) is 0 Å². The second-order valence-corrected chi connectivity index (χ2v) is 9.01. The Kier molecular flexibility index (Phi) is 6.83. The molecule has 0 saturated carbocycles. The van der Waals surface area contributed by atoms with Crippen LogP contribution in [0.5, 0.6) is 5.75 Å². The molecule has 1 heterocycles. The van der Waals surface area contributed by atoms with Crippen LogP contribution in [0.25, 0.3) is 10.9 Å². The molecule has 10 nitrogen and oxygen atoms in total. The molecule has 0 unspecified atom stereocenters. The van der Waals surface area contributed by atoms with Crippen LogP contribution in [-0.2, 0) is 10.0 Å². The zero-order chi connectivity index (χ0) is 22.6. The maximum atomic E-state index is 12.8. The number of primary amides is 1. The highest BCUT2D eigenvalue weighted by Crippen LogP contribution is 2.29. The van der Waals surface area contributed by atoms with Crippen LogP contribution in [0.1, 0.15) is 10.5 Å². The molecule has 3 amide bonds. The Morgan fingerprint density at radius 1 is 1.13 bits per heavy atom. The van der Waals surface area contributed by atoms with Crippen molar-refractivity contribution in [3.05, 3.63) is 52.6 Å². The lowest BCUT2D eigenvalue weighted by molar-refractivity contribution is 0.0993. The standard InChI is InChI=1S/C19H20BrN5O5S/c1-30-13-5-3-12(4-6-13)24-19(27)22-8-9-23-31(28,29)17-14-10-11(20)2-7-15(14)25-16(17)18(21)26/h2-7,10,23,25H,8-9H2,1H3,(H2,21,26)(H2,22,24,27). The fourth-order valence-electron chi connectivity index (χ4n) is 2.88. The molecule has 3 rings (SSSR count). The number of benzene rings is 2. The van der Waals surface area contributed by atoms with Gasteiger partial charge in [0.25, 0.3) is 5.91 Å². The van der Waals surface area contributed by atoms with Crippen molar-refractivity contribution in [2.24, 2.45) is 5.73 Å². The van der Waals surface area contributed by atoms with E-state index in [0.29, 0.717) is 26.8 Å². The number of nitrogens with one attached hydrogen (secondary N) is 4. The molecule has 2 aromatic carbocycles. The fraction of sp³-hybridized carbons (Fsp3) is 0.158. The van der Waals surface area contributed by atoms with Gasteiger partial charge in [0.2, 0.25) is 10.0 Å². The minimum atomic E-state index is -4.09. The number of sulfonamides is 1. The van der Waals surface area contributed by atoms with Gasteiger partial charge in [0.1, 0.15) is 16.3 Å². The number of carbonyl (C=O) groups excluding carboxylic acids is 2. The minimum Gasteiger partial charge on any atom is -0.497 e. The summed E-state index contributed by atoms with van der Waals surface area (Å²) in [6.07, 6.45) is 0. The van der Waals surface area contributed by atoms with Crippen molar-refractivity contribution < 1.29 is 22.7 Å². The molecule has 0 radical (unpaired) electrons. The first-order valence-electron chi connectivity index (χ1n) is 9.01. The zero-order valence-electron chi connectivity index (χ0n) is 16.4. The number of H-pyrrole nitrogens is 1. The largest absolute Gasteiger partial charge is 0.497 e. The number of rotatable bonds is 8. The molecular formula is C19H20BrN5O5S. The van der Waals surface area contributed by atoms with Gasteiger partial charge < -0.3 is 26.1 Å². The molecule has 3 aromatic rings. The van der Waals surface area contributed by atoms with E-state index in [1.807, 2.05) is 0 Å². The van der Waals surface area contributed by atoms with Gasteiger partial charge >= 0.3 is 6.03 Å². The van der Waals surface area contributed by atoms with Crippen molar-refractivity contribution in [1.29, 1.82) is 0 Å². The lowest BCUT2D eigenvalue weighted by atomic mass is 10.2. The van der Waals surface area contributed by atoms with E-state index in [1.54, 1.807) is 42.5 Å². The smallest absolute Gasteiger partial charge is 0.319 e. The Morgan fingerprint density at radius 3 is 2.48 bits per heavy atom. The molecule has 0 aliphatic heterocycles. The Balaban J connectivity index is 1.64. The molecule has 12 heteroatoms. The molecule has 0 spiro atoms. The van der Waals surface area contributed by atoms with Gasteiger partial charge in [0.05, 0.1) is 7.11 Å². The van der Waals surface area contributed by atoms with E-state index in [4.69, 9.17) is 10.5 Å². The first-order valence-corrected chi connectivity index (χ1v) is 11.3. The van der Waals surface area contributed by atoms with Gasteiger partial charge in [0.15, 0.2) is 0 Å². The number of urea groups is 1. The van der Waals surface area contributed by atoms with Crippen molar-refractivity contribution in [3.8, 4) is 5.75 Å². The molecule has 0 fully saturated rings. The zero-order valence-corrected chi connectivity index (χ0v) is 18.8. The molecule has 31 heavy (non-hydrogen) atoms. The second-order valence-electron chi connectivity index (χ2n) is 6.39. The topological polar surface area (TPSA) is 155 Å². The number of aromatic amines is 1. The maximum absolute atomic E-state index is 12.8. The van der Waals surface area contributed by atoms with Crippen LogP contribution in [0.3, 0.4) is 0 Å². The summed E-state index contributed by atoms with van der Waals surface area (Å²) < 4.78 is 33.8. The van der Waals surface area contributed by atoms with Gasteiger partial charge in [-0.2, -0.15) is 0 Å². The van der Waals surface area contributed by atoms with Crippen molar-refractivity contribution in [3.63, 3.8) is 0 Å². The van der Waals surface area contributed by atoms with Gasteiger partial charge in [-0.15, -0.1) is 0 Å². The van der Waals surface area contributed by atoms with Crippen LogP contribution < -0.4 is 25.8 Å². The first kappa shape index (κ1) is 22.6. The molecule has 6 N–H and O–H groups in total. The monoisotopic (exact) mass is 509 g/mol. The summed E-state index contributed by atoms with van der Waals surface area (Å²) in [6.45, 7) is -0.0869. The average Bonchev–Trinajstić information content (AvgIpc) is 3.12. The highest BCUT2D eigenvalue weighted by molar-refractivity contribution is 9.10. The number of anilines is 1. The highest BCUT2D eigenvalue weighted by Gasteiger charge is 2.26. The Hall–Kier alpha value is -3.09. The van der Waals surface area contributed by atoms with Crippen LogP contribution in [0.4, 0.5) is 10.5 Å². The van der Waals surface area contributed by atoms with Gasteiger partial charge in [-0.3, -0.25) is 4.79 Å². The van der Waals surface area contributed by atoms with Crippen LogP contribution in [-0.4, -0.2) is 45.5 Å². The van der Waals surface area contributed by atoms with Crippen molar-refractivity contribution >= 4 is 54.5 Å². The summed E-state index contributed by atoms with van der Waals surface area (Å²) in [5.41, 5.74) is 6.14. The van der Waals surface area contributed by atoms with Crippen LogP contribution in [0.15, 0.2) is 51.8 Å². The second kappa shape index (κ2) is 9.37. The Morgan fingerprint density at radius 2 is 1.84 bits per heavy atom. The van der Waals surface area contributed by atoms with Crippen LogP contribution >= 0.6 is 15.9 Å². The van der Waals surface area contributed by atoms with E-state index < -0.39 is 22.0 Å². The van der Waals surface area contributed by atoms with Gasteiger partial charge in [-0.1, -0.05) is 15.9 Å². The number of aromatic nitrogens is 1. The van der Waals surface area contributed by atoms with Crippen molar-refractivity contribution in [2.75, 3.05) is 25.5 Å². The fourth-order valence-corrected chi connectivity index (χ4v) is 4.63. The third kappa shape index (κ3) is 5.34. The van der Waals surface area contributed by atoms with Gasteiger partial charge in [-0.25, -0.2) is 17.9 Å². The third-order valence-corrected chi connectivity index (χ3v) is 6.32. The predicted octanol–water partition coefficient (Wildman–Crippen LogP) is 2.14. The number of hydrogen-bond acceptors (Lipinski definition) is 5. The molecule has 0 aliphatic rings. The van der Waals surface area contributed by atoms with Crippen molar-refractivity contribution in [2.45, 2.75) is 4.90 Å². The van der Waals surface area contributed by atoms with Crippen LogP contribution in [0, 0.1) is 0 Å². The molecule has 0 bridgehead atoms. The van der Waals surface area contributed by atoms with E-state index in [0.717, 1.165) is 0 Å². The van der Waals surface area contributed by atoms with E-state index >= 15 is 0 Å². The lowest BCUT2D eigenvalue weighted by Gasteiger charge is -2.10. The summed E-state index contributed by atoms with van der Waals surface area (Å²) in [4.78, 5) is 26.2. The highest BCUT2D eigenvalue weighted by atomic mass is 79.9. The number of amides is 3. The number of ether oxygens (including phenoxy) is 1. The summed E-state index contributed by atoms with van der Waals surface area (Å²) in [5, 5.41) is 5.49. The minimum absolute atomic E-state index is 0.0131.